The SMILES string of the molecule is [c]1cn(CCc2ccccc2)c2ccccc12. The Morgan fingerprint density at radius 1 is 0.882 bits per heavy atom. The minimum absolute atomic E-state index is 1.01. The summed E-state index contributed by atoms with van der Waals surface area (Å²) in [6.07, 6.45) is 3.11. The second-order valence-electron chi connectivity index (χ2n) is 4.22. The summed E-state index contributed by atoms with van der Waals surface area (Å²) >= 11 is 0. The number of nitrogens with zero attached hydrogens (tertiary/aromatic N) is 1. The highest BCUT2D eigenvalue weighted by Gasteiger charge is 2.00. The molecule has 0 aliphatic heterocycles. The summed E-state index contributed by atoms with van der Waals surface area (Å²) in [6.45, 7) is 1.01. The van der Waals surface area contributed by atoms with Crippen LogP contribution in [-0.4, -0.2) is 4.57 Å². The zero-order valence-electron chi connectivity index (χ0n) is 9.63. The van der Waals surface area contributed by atoms with E-state index in [1.54, 1.807) is 0 Å². The van der Waals surface area contributed by atoms with Crippen molar-refractivity contribution >= 4 is 10.9 Å². The molecule has 1 heterocycles. The van der Waals surface area contributed by atoms with Crippen LogP contribution < -0.4 is 0 Å². The van der Waals surface area contributed by atoms with Crippen LogP contribution in [0.3, 0.4) is 0 Å². The highest BCUT2D eigenvalue weighted by molar-refractivity contribution is 5.79. The zero-order chi connectivity index (χ0) is 11.5. The van der Waals surface area contributed by atoms with Gasteiger partial charge < -0.3 is 4.57 Å². The normalized spacial score (nSPS) is 10.8. The van der Waals surface area contributed by atoms with E-state index in [4.69, 9.17) is 0 Å². The molecular weight excluding hydrogens is 206 g/mol. The van der Waals surface area contributed by atoms with Crippen molar-refractivity contribution in [1.29, 1.82) is 0 Å². The minimum Gasteiger partial charge on any atom is -0.347 e. The Morgan fingerprint density at radius 3 is 2.53 bits per heavy atom. The van der Waals surface area contributed by atoms with Gasteiger partial charge in [0.25, 0.3) is 0 Å². The molecule has 0 N–H and O–H groups in total. The molecule has 17 heavy (non-hydrogen) atoms. The van der Waals surface area contributed by atoms with E-state index >= 15 is 0 Å². The molecule has 1 aromatic heterocycles. The molecule has 1 radical (unpaired) electrons. The summed E-state index contributed by atoms with van der Waals surface area (Å²) in [6, 6.07) is 22.3. The average Bonchev–Trinajstić information content (AvgIpc) is 2.81. The van der Waals surface area contributed by atoms with E-state index in [-0.39, 0.29) is 0 Å². The van der Waals surface area contributed by atoms with Gasteiger partial charge in [-0.1, -0.05) is 48.5 Å². The van der Waals surface area contributed by atoms with Crippen molar-refractivity contribution in [2.24, 2.45) is 0 Å². The van der Waals surface area contributed by atoms with Crippen LogP contribution in [0.1, 0.15) is 5.56 Å². The first-order chi connectivity index (χ1) is 8.43. The maximum absolute atomic E-state index is 3.29. The van der Waals surface area contributed by atoms with Gasteiger partial charge in [0.05, 0.1) is 0 Å². The molecule has 0 spiro atoms. The fourth-order valence-corrected chi connectivity index (χ4v) is 2.14. The largest absolute Gasteiger partial charge is 0.347 e. The van der Waals surface area contributed by atoms with Crippen LogP contribution in [-0.2, 0) is 13.0 Å². The molecule has 1 heteroatoms. The second-order valence-corrected chi connectivity index (χ2v) is 4.22. The highest BCUT2D eigenvalue weighted by atomic mass is 14.9. The van der Waals surface area contributed by atoms with Gasteiger partial charge in [0, 0.05) is 29.7 Å². The summed E-state index contributed by atoms with van der Waals surface area (Å²) in [7, 11) is 0. The smallest absolute Gasteiger partial charge is 0.0486 e. The summed E-state index contributed by atoms with van der Waals surface area (Å²) in [5.41, 5.74) is 2.65. The Kier molecular flexibility index (Phi) is 2.66. The van der Waals surface area contributed by atoms with Crippen LogP contribution in [0, 0.1) is 6.07 Å². The van der Waals surface area contributed by atoms with Crippen molar-refractivity contribution in [3.05, 3.63) is 72.4 Å². The van der Waals surface area contributed by atoms with Gasteiger partial charge in [-0.2, -0.15) is 0 Å². The predicted molar refractivity (Wildman–Crippen MR) is 70.9 cm³/mol. The third-order valence-electron chi connectivity index (χ3n) is 3.07. The van der Waals surface area contributed by atoms with E-state index in [1.165, 1.54) is 16.5 Å². The fourth-order valence-electron chi connectivity index (χ4n) is 2.14. The van der Waals surface area contributed by atoms with Gasteiger partial charge in [0.15, 0.2) is 0 Å². The molecule has 1 nitrogen and oxygen atoms in total. The summed E-state index contributed by atoms with van der Waals surface area (Å²) in [5.74, 6) is 0. The molecule has 0 unspecified atom stereocenters. The molecule has 0 saturated carbocycles. The van der Waals surface area contributed by atoms with Crippen LogP contribution >= 0.6 is 0 Å². The van der Waals surface area contributed by atoms with Gasteiger partial charge in [0.1, 0.15) is 0 Å². The molecule has 0 bridgehead atoms. The van der Waals surface area contributed by atoms with Crippen LogP contribution in [0.4, 0.5) is 0 Å². The molecule has 0 saturated heterocycles. The Bertz CT molecular complexity index is 608. The van der Waals surface area contributed by atoms with Crippen LogP contribution in [0.5, 0.6) is 0 Å². The summed E-state index contributed by atoms with van der Waals surface area (Å²) in [5, 5.41) is 1.19. The molecule has 0 aliphatic carbocycles. The van der Waals surface area contributed by atoms with Gasteiger partial charge >= 0.3 is 0 Å². The number of rotatable bonds is 3. The van der Waals surface area contributed by atoms with E-state index in [9.17, 15) is 0 Å². The van der Waals surface area contributed by atoms with Gasteiger partial charge in [-0.05, 0) is 18.1 Å². The minimum atomic E-state index is 1.01. The van der Waals surface area contributed by atoms with Gasteiger partial charge in [0.2, 0.25) is 0 Å². The molecular formula is C16H14N. The lowest BCUT2D eigenvalue weighted by Gasteiger charge is -2.05. The number of fused-ring (bicyclic) bond motifs is 1. The van der Waals surface area contributed by atoms with Gasteiger partial charge in [-0.3, -0.25) is 0 Å². The van der Waals surface area contributed by atoms with Gasteiger partial charge in [-0.15, -0.1) is 0 Å². The monoisotopic (exact) mass is 220 g/mol. The van der Waals surface area contributed by atoms with Crippen LogP contribution in [0.2, 0.25) is 0 Å². The summed E-state index contributed by atoms with van der Waals surface area (Å²) in [4.78, 5) is 0. The number of aromatic nitrogens is 1. The van der Waals surface area contributed by atoms with Crippen molar-refractivity contribution in [2.45, 2.75) is 13.0 Å². The molecule has 3 rings (SSSR count). The first kappa shape index (κ1) is 10.2. The number of aryl methyl sites for hydroxylation is 2. The Balaban J connectivity index is 1.82. The first-order valence-electron chi connectivity index (χ1n) is 5.93. The van der Waals surface area contributed by atoms with Crippen LogP contribution in [0.25, 0.3) is 10.9 Å². The number of para-hydroxylation sites is 1. The fraction of sp³-hybridized carbons (Fsp3) is 0.125. The molecule has 3 aromatic rings. The molecule has 0 amide bonds. The van der Waals surface area contributed by atoms with E-state index in [0.717, 1.165) is 13.0 Å². The van der Waals surface area contributed by atoms with Crippen molar-refractivity contribution in [2.75, 3.05) is 0 Å². The lowest BCUT2D eigenvalue weighted by molar-refractivity contribution is 0.722. The number of hydrogen-bond donors (Lipinski definition) is 0. The standard InChI is InChI=1S/C16H14N/c1-2-6-14(7-3-1)10-12-17-13-11-15-8-4-5-9-16(15)17/h1-9,13H,10,12H2. The quantitative estimate of drug-likeness (QED) is 0.634. The Morgan fingerprint density at radius 2 is 1.65 bits per heavy atom. The van der Waals surface area contributed by atoms with E-state index in [2.05, 4.69) is 65.2 Å². The maximum Gasteiger partial charge on any atom is 0.0486 e. The molecule has 0 atom stereocenters. The molecule has 83 valence electrons. The van der Waals surface area contributed by atoms with E-state index in [0.29, 0.717) is 0 Å². The number of hydrogen-bond acceptors (Lipinski definition) is 0. The molecule has 0 aliphatic rings. The second kappa shape index (κ2) is 4.46. The lowest BCUT2D eigenvalue weighted by atomic mass is 10.1. The van der Waals surface area contributed by atoms with Crippen molar-refractivity contribution < 1.29 is 0 Å². The highest BCUT2D eigenvalue weighted by Crippen LogP contribution is 2.15. The average molecular weight is 220 g/mol. The van der Waals surface area contributed by atoms with E-state index < -0.39 is 0 Å². The third kappa shape index (κ3) is 2.09. The Labute approximate surface area is 101 Å². The maximum atomic E-state index is 3.29. The van der Waals surface area contributed by atoms with Crippen molar-refractivity contribution in [3.8, 4) is 0 Å². The molecule has 2 aromatic carbocycles. The summed E-state index contributed by atoms with van der Waals surface area (Å²) < 4.78 is 2.27. The van der Waals surface area contributed by atoms with Crippen molar-refractivity contribution in [3.63, 3.8) is 0 Å². The predicted octanol–water partition coefficient (Wildman–Crippen LogP) is 3.68. The topological polar surface area (TPSA) is 4.93 Å². The van der Waals surface area contributed by atoms with Crippen LogP contribution in [0.15, 0.2) is 60.8 Å². The Hall–Kier alpha value is -2.02. The zero-order valence-corrected chi connectivity index (χ0v) is 9.63. The number of benzene rings is 2. The van der Waals surface area contributed by atoms with Gasteiger partial charge in [-0.25, -0.2) is 0 Å². The first-order valence-corrected chi connectivity index (χ1v) is 5.93. The lowest BCUT2D eigenvalue weighted by Crippen LogP contribution is -1.99. The van der Waals surface area contributed by atoms with Crippen molar-refractivity contribution in [1.82, 2.24) is 4.57 Å². The molecule has 0 fully saturated rings. The van der Waals surface area contributed by atoms with E-state index in [1.807, 2.05) is 6.20 Å². The third-order valence-corrected chi connectivity index (χ3v) is 3.07.